The number of hydrogen-bond acceptors (Lipinski definition) is 5. The zero-order chi connectivity index (χ0) is 22.3. The maximum atomic E-state index is 13.1. The number of rotatable bonds is 2. The molecule has 0 unspecified atom stereocenters. The number of halogens is 2. The molecule has 0 saturated carbocycles. The molecule has 0 aliphatic rings. The molecule has 3 aromatic heterocycles. The van der Waals surface area contributed by atoms with Gasteiger partial charge in [0.2, 0.25) is 0 Å². The molecular formula is C20H16F2N6. The van der Waals surface area contributed by atoms with Crippen LogP contribution in [0.5, 0.6) is 0 Å². The second kappa shape index (κ2) is 6.78. The number of nitrogens with one attached hydrogen (secondary N) is 1. The van der Waals surface area contributed by atoms with Gasteiger partial charge in [-0.25, -0.2) is 23.7 Å². The first-order valence-electron chi connectivity index (χ1n) is 9.71. The third-order valence-electron chi connectivity index (χ3n) is 4.36. The topological polar surface area (TPSA) is 81.7 Å². The average molecular weight is 381 g/mol. The number of imidazole rings is 1. The number of alkyl halides is 2. The normalized spacial score (nSPS) is 13.1. The molecule has 3 heterocycles. The van der Waals surface area contributed by atoms with Crippen molar-refractivity contribution in [1.29, 1.82) is 0 Å². The molecule has 4 rings (SSSR count). The molecule has 0 radical (unpaired) electrons. The van der Waals surface area contributed by atoms with Crippen LogP contribution in [-0.4, -0.2) is 26.5 Å². The minimum atomic E-state index is -2.68. The van der Waals surface area contributed by atoms with Crippen LogP contribution >= 0.6 is 0 Å². The van der Waals surface area contributed by atoms with Gasteiger partial charge in [-0.2, -0.15) is 0 Å². The van der Waals surface area contributed by atoms with Crippen LogP contribution < -0.4 is 11.1 Å². The molecule has 3 N–H and O–H groups in total. The molecule has 140 valence electrons. The van der Waals surface area contributed by atoms with E-state index in [0.717, 1.165) is 0 Å². The van der Waals surface area contributed by atoms with Crippen LogP contribution in [-0.2, 0) is 7.05 Å². The van der Waals surface area contributed by atoms with Gasteiger partial charge in [0.15, 0.2) is 5.82 Å². The number of pyridine rings is 2. The number of hydrogen-bond donors (Lipinski definition) is 2. The first-order chi connectivity index (χ1) is 14.6. The third-order valence-corrected chi connectivity index (χ3v) is 4.36. The summed E-state index contributed by atoms with van der Waals surface area (Å²) in [7, 11) is 1.53. The standard InChI is InChI=1S/C20H16F2N6/c1-24-19-14-10-25-17(23)8-13(14)12(9-26-19)5-3-11-4-6-15-16(7-11)28(2)20(27-15)18(21)22/h4,6-10,18H,1-2H3,(H2,23,25)(H,24,26)/i1D3. The SMILES string of the molecule is [2H]C([2H])([2H])Nc1ncc(C#Cc2ccc3nc(C(F)F)n(C)c3c2)c2cc(N)ncc12. The molecule has 0 aliphatic carbocycles. The lowest BCUT2D eigenvalue weighted by Gasteiger charge is -2.06. The van der Waals surface area contributed by atoms with Crippen LogP contribution in [0.25, 0.3) is 21.8 Å². The van der Waals surface area contributed by atoms with Crippen molar-refractivity contribution in [3.05, 3.63) is 53.6 Å². The van der Waals surface area contributed by atoms with E-state index in [4.69, 9.17) is 9.85 Å². The highest BCUT2D eigenvalue weighted by atomic mass is 19.3. The van der Waals surface area contributed by atoms with Crippen LogP contribution in [0, 0.1) is 11.8 Å². The van der Waals surface area contributed by atoms with E-state index in [1.54, 1.807) is 24.3 Å². The van der Waals surface area contributed by atoms with Crippen molar-refractivity contribution in [3.63, 3.8) is 0 Å². The van der Waals surface area contributed by atoms with Crippen LogP contribution in [0.4, 0.5) is 20.4 Å². The van der Waals surface area contributed by atoms with Crippen molar-refractivity contribution >= 4 is 33.4 Å². The van der Waals surface area contributed by atoms with E-state index < -0.39 is 13.4 Å². The molecule has 4 aromatic rings. The monoisotopic (exact) mass is 381 g/mol. The number of aromatic nitrogens is 4. The van der Waals surface area contributed by atoms with E-state index in [-0.39, 0.29) is 17.5 Å². The van der Waals surface area contributed by atoms with Gasteiger partial charge in [0.1, 0.15) is 11.6 Å². The maximum Gasteiger partial charge on any atom is 0.295 e. The van der Waals surface area contributed by atoms with E-state index in [1.807, 2.05) is 0 Å². The molecule has 0 spiro atoms. The lowest BCUT2D eigenvalue weighted by Crippen LogP contribution is -1.98. The number of nitrogens with two attached hydrogens (primary N) is 1. The fraction of sp³-hybridized carbons (Fsp3) is 0.150. The van der Waals surface area contributed by atoms with Gasteiger partial charge in [0.25, 0.3) is 6.43 Å². The first-order valence-corrected chi connectivity index (χ1v) is 8.21. The smallest absolute Gasteiger partial charge is 0.295 e. The lowest BCUT2D eigenvalue weighted by molar-refractivity contribution is 0.137. The Balaban J connectivity index is 1.79. The second-order valence-corrected chi connectivity index (χ2v) is 6.08. The van der Waals surface area contributed by atoms with Gasteiger partial charge in [0, 0.05) is 46.9 Å². The number of nitrogen functional groups attached to an aromatic ring is 1. The van der Waals surface area contributed by atoms with Gasteiger partial charge in [-0.1, -0.05) is 11.8 Å². The fourth-order valence-electron chi connectivity index (χ4n) is 2.97. The Labute approximate surface area is 163 Å². The zero-order valence-electron chi connectivity index (χ0n) is 17.7. The zero-order valence-corrected chi connectivity index (χ0v) is 14.7. The van der Waals surface area contributed by atoms with Crippen LogP contribution in [0.2, 0.25) is 0 Å². The summed E-state index contributed by atoms with van der Waals surface area (Å²) in [6.45, 7) is -2.43. The Kier molecular flexibility index (Phi) is 3.47. The van der Waals surface area contributed by atoms with Crippen molar-refractivity contribution < 1.29 is 12.9 Å². The molecular weight excluding hydrogens is 362 g/mol. The predicted octanol–water partition coefficient (Wildman–Crippen LogP) is 3.48. The number of benzene rings is 1. The molecule has 0 saturated heterocycles. The second-order valence-electron chi connectivity index (χ2n) is 6.08. The van der Waals surface area contributed by atoms with Gasteiger partial charge in [-0.05, 0) is 24.3 Å². The van der Waals surface area contributed by atoms with Crippen LogP contribution in [0.3, 0.4) is 0 Å². The maximum absolute atomic E-state index is 13.1. The van der Waals surface area contributed by atoms with E-state index in [2.05, 4.69) is 32.1 Å². The van der Waals surface area contributed by atoms with E-state index in [0.29, 0.717) is 32.9 Å². The Hall–Kier alpha value is -3.73. The molecule has 1 aromatic carbocycles. The molecule has 0 amide bonds. The fourth-order valence-corrected chi connectivity index (χ4v) is 2.97. The van der Waals surface area contributed by atoms with Gasteiger partial charge in [-0.15, -0.1) is 0 Å². The Morgan fingerprint density at radius 1 is 1.18 bits per heavy atom. The Morgan fingerprint density at radius 2 is 2.04 bits per heavy atom. The van der Waals surface area contributed by atoms with Gasteiger partial charge < -0.3 is 15.6 Å². The summed E-state index contributed by atoms with van der Waals surface area (Å²) >= 11 is 0. The van der Waals surface area contributed by atoms with Crippen molar-refractivity contribution in [2.45, 2.75) is 6.43 Å². The Bertz CT molecular complexity index is 1370. The van der Waals surface area contributed by atoms with Crippen LogP contribution in [0.15, 0.2) is 36.7 Å². The molecule has 8 heteroatoms. The first kappa shape index (κ1) is 14.3. The molecule has 0 fully saturated rings. The minimum Gasteiger partial charge on any atom is -0.384 e. The van der Waals surface area contributed by atoms with Crippen molar-refractivity contribution in [2.24, 2.45) is 7.05 Å². The largest absolute Gasteiger partial charge is 0.384 e. The van der Waals surface area contributed by atoms with Crippen molar-refractivity contribution in [3.8, 4) is 11.8 Å². The number of aryl methyl sites for hydroxylation is 1. The number of anilines is 2. The highest BCUT2D eigenvalue weighted by molar-refractivity contribution is 5.96. The van der Waals surface area contributed by atoms with E-state index >= 15 is 0 Å². The summed E-state index contributed by atoms with van der Waals surface area (Å²) in [6, 6.07) is 6.59. The lowest BCUT2D eigenvalue weighted by atomic mass is 10.1. The van der Waals surface area contributed by atoms with Gasteiger partial charge in [0.05, 0.1) is 16.6 Å². The van der Waals surface area contributed by atoms with Crippen LogP contribution in [0.1, 0.15) is 27.5 Å². The summed E-state index contributed by atoms with van der Waals surface area (Å²) in [5.74, 6) is 6.06. The summed E-state index contributed by atoms with van der Waals surface area (Å²) in [5, 5.41) is 3.42. The molecule has 0 aliphatic heterocycles. The summed E-state index contributed by atoms with van der Waals surface area (Å²) < 4.78 is 49.7. The number of nitrogens with zero attached hydrogens (tertiary/aromatic N) is 4. The highest BCUT2D eigenvalue weighted by Crippen LogP contribution is 2.25. The molecule has 28 heavy (non-hydrogen) atoms. The average Bonchev–Trinajstić information content (AvgIpc) is 3.02. The van der Waals surface area contributed by atoms with Crippen molar-refractivity contribution in [2.75, 3.05) is 18.0 Å². The number of fused-ring (bicyclic) bond motifs is 2. The quantitative estimate of drug-likeness (QED) is 0.520. The summed E-state index contributed by atoms with van der Waals surface area (Å²) in [4.78, 5) is 12.1. The van der Waals surface area contributed by atoms with Gasteiger partial charge >= 0.3 is 0 Å². The molecule has 0 atom stereocenters. The minimum absolute atomic E-state index is 0.142. The third kappa shape index (κ3) is 2.97. The highest BCUT2D eigenvalue weighted by Gasteiger charge is 2.16. The van der Waals surface area contributed by atoms with Gasteiger partial charge in [-0.3, -0.25) is 0 Å². The molecule has 6 nitrogen and oxygen atoms in total. The predicted molar refractivity (Wildman–Crippen MR) is 105 cm³/mol. The molecule has 0 bridgehead atoms. The van der Waals surface area contributed by atoms with E-state index in [1.165, 1.54) is 24.0 Å². The van der Waals surface area contributed by atoms with Crippen molar-refractivity contribution in [1.82, 2.24) is 19.5 Å². The van der Waals surface area contributed by atoms with E-state index in [9.17, 15) is 8.78 Å². The summed E-state index contributed by atoms with van der Waals surface area (Å²) in [5.41, 5.74) is 7.90. The Morgan fingerprint density at radius 3 is 2.82 bits per heavy atom. The summed E-state index contributed by atoms with van der Waals surface area (Å²) in [6.07, 6.45) is 0.204.